The fourth-order valence-electron chi connectivity index (χ4n) is 2.00. The third-order valence-electron chi connectivity index (χ3n) is 2.76. The molecule has 17 heavy (non-hydrogen) atoms. The third kappa shape index (κ3) is 3.62. The smallest absolute Gasteiger partial charge is 0.0643 e. The molecule has 0 atom stereocenters. The highest BCUT2D eigenvalue weighted by Crippen LogP contribution is 2.31. The van der Waals surface area contributed by atoms with Gasteiger partial charge in [0, 0.05) is 19.1 Å². The minimum absolute atomic E-state index is 0.419. The number of nitrogens with zero attached hydrogens (tertiary/aromatic N) is 1. The Bertz CT molecular complexity index is 361. The Balaban J connectivity index is 3.17. The first-order chi connectivity index (χ1) is 7.97. The van der Waals surface area contributed by atoms with Crippen LogP contribution < -0.4 is 10.6 Å². The summed E-state index contributed by atoms with van der Waals surface area (Å²) in [7, 11) is 0. The van der Waals surface area contributed by atoms with Crippen LogP contribution in [0.2, 0.25) is 5.02 Å². The molecule has 0 heterocycles. The molecule has 1 rings (SSSR count). The number of rotatable bonds is 5. The molecule has 0 radical (unpaired) electrons. The van der Waals surface area contributed by atoms with E-state index in [-0.39, 0.29) is 0 Å². The lowest BCUT2D eigenvalue weighted by atomic mass is 10.1. The molecule has 2 nitrogen and oxygen atoms in total. The van der Waals surface area contributed by atoms with E-state index in [1.54, 1.807) is 0 Å². The molecule has 0 fully saturated rings. The Morgan fingerprint density at radius 2 is 1.88 bits per heavy atom. The molecule has 2 N–H and O–H groups in total. The summed E-state index contributed by atoms with van der Waals surface area (Å²) in [6, 6.07) is 6.37. The summed E-state index contributed by atoms with van der Waals surface area (Å²) in [5, 5.41) is 0.794. The van der Waals surface area contributed by atoms with E-state index in [1.165, 1.54) is 0 Å². The average Bonchev–Trinajstić information content (AvgIpc) is 2.25. The first kappa shape index (κ1) is 14.3. The lowest BCUT2D eigenvalue weighted by Crippen LogP contribution is -2.35. The van der Waals surface area contributed by atoms with Crippen LogP contribution in [-0.2, 0) is 6.54 Å². The van der Waals surface area contributed by atoms with Crippen molar-refractivity contribution in [1.29, 1.82) is 0 Å². The van der Waals surface area contributed by atoms with Crippen LogP contribution in [0.1, 0.15) is 33.3 Å². The molecule has 0 aliphatic heterocycles. The molecule has 0 saturated carbocycles. The van der Waals surface area contributed by atoms with Crippen molar-refractivity contribution in [2.24, 2.45) is 11.7 Å². The average molecular weight is 255 g/mol. The monoisotopic (exact) mass is 254 g/mol. The lowest BCUT2D eigenvalue weighted by molar-refractivity contribution is 0.569. The maximum atomic E-state index is 6.33. The molecule has 3 heteroatoms. The van der Waals surface area contributed by atoms with Gasteiger partial charge >= 0.3 is 0 Å². The minimum Gasteiger partial charge on any atom is -0.367 e. The van der Waals surface area contributed by atoms with E-state index in [1.807, 2.05) is 12.1 Å². The van der Waals surface area contributed by atoms with Gasteiger partial charge in [0.05, 0.1) is 10.7 Å². The van der Waals surface area contributed by atoms with E-state index < -0.39 is 0 Å². The summed E-state index contributed by atoms with van der Waals surface area (Å²) < 4.78 is 0. The molecule has 0 saturated heterocycles. The van der Waals surface area contributed by atoms with Crippen molar-refractivity contribution in [3.8, 4) is 0 Å². The second kappa shape index (κ2) is 6.27. The van der Waals surface area contributed by atoms with Crippen molar-refractivity contribution in [3.05, 3.63) is 28.8 Å². The zero-order valence-electron chi connectivity index (χ0n) is 11.2. The van der Waals surface area contributed by atoms with E-state index >= 15 is 0 Å². The fourth-order valence-corrected chi connectivity index (χ4v) is 2.30. The molecule has 0 aliphatic rings. The Morgan fingerprint density at radius 3 is 2.35 bits per heavy atom. The van der Waals surface area contributed by atoms with E-state index in [0.29, 0.717) is 18.5 Å². The van der Waals surface area contributed by atoms with Gasteiger partial charge in [-0.05, 0) is 31.4 Å². The van der Waals surface area contributed by atoms with Crippen molar-refractivity contribution in [3.63, 3.8) is 0 Å². The highest BCUT2D eigenvalue weighted by Gasteiger charge is 2.17. The third-order valence-corrected chi connectivity index (χ3v) is 3.07. The van der Waals surface area contributed by atoms with Gasteiger partial charge in [0.25, 0.3) is 0 Å². The zero-order chi connectivity index (χ0) is 13.0. The van der Waals surface area contributed by atoms with Gasteiger partial charge in [0.15, 0.2) is 0 Å². The Hall–Kier alpha value is -0.730. The van der Waals surface area contributed by atoms with Gasteiger partial charge in [0.1, 0.15) is 0 Å². The molecule has 0 aromatic heterocycles. The number of nitrogens with two attached hydrogens (primary N) is 1. The summed E-state index contributed by atoms with van der Waals surface area (Å²) in [5.74, 6) is 0.597. The van der Waals surface area contributed by atoms with Gasteiger partial charge < -0.3 is 10.6 Å². The Morgan fingerprint density at radius 1 is 1.24 bits per heavy atom. The predicted molar refractivity (Wildman–Crippen MR) is 76.7 cm³/mol. The van der Waals surface area contributed by atoms with Crippen molar-refractivity contribution in [1.82, 2.24) is 0 Å². The van der Waals surface area contributed by atoms with E-state index in [2.05, 4.69) is 38.7 Å². The molecular weight excluding hydrogens is 232 g/mol. The summed E-state index contributed by atoms with van der Waals surface area (Å²) in [5.41, 5.74) is 8.02. The molecular formula is C14H23ClN2. The van der Waals surface area contributed by atoms with E-state index in [9.17, 15) is 0 Å². The van der Waals surface area contributed by atoms with Gasteiger partial charge in [-0.15, -0.1) is 0 Å². The van der Waals surface area contributed by atoms with Crippen LogP contribution in [0.25, 0.3) is 0 Å². The summed E-state index contributed by atoms with van der Waals surface area (Å²) in [6.07, 6.45) is 0. The molecule has 1 aromatic carbocycles. The molecule has 0 unspecified atom stereocenters. The number of anilines is 1. The Labute approximate surface area is 110 Å². The fraction of sp³-hybridized carbons (Fsp3) is 0.571. The molecule has 1 aromatic rings. The topological polar surface area (TPSA) is 29.3 Å². The van der Waals surface area contributed by atoms with Crippen LogP contribution in [0.3, 0.4) is 0 Å². The predicted octanol–water partition coefficient (Wildman–Crippen LogP) is 3.67. The standard InChI is InChI=1S/C14H23ClN2/c1-10(2)9-17(11(3)4)14-12(8-16)6-5-7-13(14)15/h5-7,10-11H,8-9,16H2,1-4H3. The molecule has 0 amide bonds. The quantitative estimate of drug-likeness (QED) is 0.869. The van der Waals surface area contributed by atoms with Gasteiger partial charge in [-0.25, -0.2) is 0 Å². The summed E-state index contributed by atoms with van der Waals surface area (Å²) >= 11 is 6.33. The largest absolute Gasteiger partial charge is 0.367 e. The highest BCUT2D eigenvalue weighted by atomic mass is 35.5. The highest BCUT2D eigenvalue weighted by molar-refractivity contribution is 6.33. The number of hydrogen-bond donors (Lipinski definition) is 1. The molecule has 96 valence electrons. The summed E-state index contributed by atoms with van der Waals surface area (Å²) in [4.78, 5) is 2.34. The van der Waals surface area contributed by atoms with Crippen LogP contribution in [0.5, 0.6) is 0 Å². The minimum atomic E-state index is 0.419. The van der Waals surface area contributed by atoms with Crippen LogP contribution in [0.4, 0.5) is 5.69 Å². The number of para-hydroxylation sites is 1. The van der Waals surface area contributed by atoms with Crippen molar-refractivity contribution in [2.45, 2.75) is 40.3 Å². The van der Waals surface area contributed by atoms with Crippen molar-refractivity contribution >= 4 is 17.3 Å². The lowest BCUT2D eigenvalue weighted by Gasteiger charge is -2.33. The molecule has 0 aliphatic carbocycles. The summed E-state index contributed by atoms with van der Waals surface area (Å²) in [6.45, 7) is 10.3. The van der Waals surface area contributed by atoms with Gasteiger partial charge in [-0.3, -0.25) is 0 Å². The Kier molecular flexibility index (Phi) is 5.29. The van der Waals surface area contributed by atoms with E-state index in [0.717, 1.165) is 22.8 Å². The van der Waals surface area contributed by atoms with Gasteiger partial charge in [-0.2, -0.15) is 0 Å². The number of halogens is 1. The van der Waals surface area contributed by atoms with Crippen LogP contribution in [0.15, 0.2) is 18.2 Å². The maximum absolute atomic E-state index is 6.33. The van der Waals surface area contributed by atoms with Crippen LogP contribution >= 0.6 is 11.6 Å². The molecule has 0 spiro atoms. The number of hydrogen-bond acceptors (Lipinski definition) is 2. The zero-order valence-corrected chi connectivity index (χ0v) is 12.0. The SMILES string of the molecule is CC(C)CN(c1c(Cl)cccc1CN)C(C)C. The van der Waals surface area contributed by atoms with Gasteiger partial charge in [0.2, 0.25) is 0 Å². The maximum Gasteiger partial charge on any atom is 0.0643 e. The second-order valence-corrected chi connectivity index (χ2v) is 5.50. The van der Waals surface area contributed by atoms with Crippen LogP contribution in [-0.4, -0.2) is 12.6 Å². The first-order valence-corrected chi connectivity index (χ1v) is 6.59. The van der Waals surface area contributed by atoms with E-state index in [4.69, 9.17) is 17.3 Å². The van der Waals surface area contributed by atoms with Crippen molar-refractivity contribution < 1.29 is 0 Å². The number of benzene rings is 1. The van der Waals surface area contributed by atoms with Gasteiger partial charge in [-0.1, -0.05) is 37.6 Å². The molecule has 0 bridgehead atoms. The normalized spacial score (nSPS) is 11.3. The second-order valence-electron chi connectivity index (χ2n) is 5.09. The van der Waals surface area contributed by atoms with Crippen molar-refractivity contribution in [2.75, 3.05) is 11.4 Å². The van der Waals surface area contributed by atoms with Crippen LogP contribution in [0, 0.1) is 5.92 Å². The first-order valence-electron chi connectivity index (χ1n) is 6.21.